The predicted molar refractivity (Wildman–Crippen MR) is 50.3 cm³/mol. The minimum absolute atomic E-state index is 0.333. The van der Waals surface area contributed by atoms with Crippen LogP contribution in [-0.2, 0) is 4.74 Å². The van der Waals surface area contributed by atoms with Gasteiger partial charge in [-0.2, -0.15) is 5.10 Å². The average Bonchev–Trinajstić information content (AvgIpc) is 2.86. The van der Waals surface area contributed by atoms with E-state index < -0.39 is 0 Å². The van der Waals surface area contributed by atoms with Gasteiger partial charge in [-0.05, 0) is 24.8 Å². The lowest BCUT2D eigenvalue weighted by molar-refractivity contribution is 0.140. The topological polar surface area (TPSA) is 53.1 Å². The largest absolute Gasteiger partial charge is 0.384 e. The molecule has 1 aliphatic carbocycles. The summed E-state index contributed by atoms with van der Waals surface area (Å²) < 4.78 is 7.04. The van der Waals surface area contributed by atoms with Crippen LogP contribution < -0.4 is 5.73 Å². The zero-order valence-electron chi connectivity index (χ0n) is 7.81. The van der Waals surface area contributed by atoms with E-state index in [1.54, 1.807) is 13.3 Å². The smallest absolute Gasteiger partial charge is 0.122 e. The molecule has 4 heteroatoms. The molecule has 2 N–H and O–H groups in total. The van der Waals surface area contributed by atoms with Gasteiger partial charge in [0.1, 0.15) is 5.82 Å². The van der Waals surface area contributed by atoms with E-state index in [1.807, 2.05) is 10.7 Å². The van der Waals surface area contributed by atoms with Crippen molar-refractivity contribution in [1.82, 2.24) is 9.78 Å². The van der Waals surface area contributed by atoms with Crippen molar-refractivity contribution in [2.75, 3.05) is 19.5 Å². The minimum atomic E-state index is 0.333. The van der Waals surface area contributed by atoms with Crippen LogP contribution in [0.3, 0.4) is 0 Å². The molecule has 0 bridgehead atoms. The molecule has 72 valence electrons. The van der Waals surface area contributed by atoms with Crippen molar-refractivity contribution in [1.29, 1.82) is 0 Å². The molecule has 1 fully saturated rings. The maximum atomic E-state index is 5.78. The van der Waals surface area contributed by atoms with Gasteiger partial charge in [0.15, 0.2) is 0 Å². The lowest BCUT2D eigenvalue weighted by atomic mass is 10.2. The van der Waals surface area contributed by atoms with Crippen LogP contribution in [0.25, 0.3) is 0 Å². The van der Waals surface area contributed by atoms with Crippen molar-refractivity contribution in [3.05, 3.63) is 12.3 Å². The van der Waals surface area contributed by atoms with Crippen LogP contribution in [-0.4, -0.2) is 23.5 Å². The van der Waals surface area contributed by atoms with Crippen LogP contribution in [0.4, 0.5) is 5.82 Å². The lowest BCUT2D eigenvalue weighted by Gasteiger charge is -2.17. The Balaban J connectivity index is 2.14. The minimum Gasteiger partial charge on any atom is -0.384 e. The number of rotatable bonds is 4. The molecule has 13 heavy (non-hydrogen) atoms. The molecule has 4 nitrogen and oxygen atoms in total. The zero-order chi connectivity index (χ0) is 9.26. The molecule has 1 unspecified atom stereocenters. The second kappa shape index (κ2) is 3.38. The first-order chi connectivity index (χ1) is 6.33. The van der Waals surface area contributed by atoms with E-state index in [4.69, 9.17) is 10.5 Å². The quantitative estimate of drug-likeness (QED) is 0.755. The fourth-order valence-electron chi connectivity index (χ4n) is 1.66. The second-order valence-electron chi connectivity index (χ2n) is 3.56. The summed E-state index contributed by atoms with van der Waals surface area (Å²) in [6.07, 6.45) is 4.28. The molecule has 0 radical (unpaired) electrons. The zero-order valence-corrected chi connectivity index (χ0v) is 7.81. The Kier molecular flexibility index (Phi) is 2.22. The van der Waals surface area contributed by atoms with Gasteiger partial charge in [0.25, 0.3) is 0 Å². The monoisotopic (exact) mass is 181 g/mol. The maximum Gasteiger partial charge on any atom is 0.122 e. The number of anilines is 1. The third kappa shape index (κ3) is 1.67. The molecule has 0 spiro atoms. The molecule has 2 rings (SSSR count). The van der Waals surface area contributed by atoms with E-state index in [-0.39, 0.29) is 0 Å². The number of hydrogen-bond donors (Lipinski definition) is 1. The van der Waals surface area contributed by atoms with E-state index >= 15 is 0 Å². The van der Waals surface area contributed by atoms with Gasteiger partial charge in [0.05, 0.1) is 18.8 Å². The Hall–Kier alpha value is -1.03. The van der Waals surface area contributed by atoms with Crippen LogP contribution in [0.5, 0.6) is 0 Å². The number of aromatic nitrogens is 2. The third-order valence-electron chi connectivity index (χ3n) is 2.52. The molecule has 1 aromatic heterocycles. The normalized spacial score (nSPS) is 18.8. The van der Waals surface area contributed by atoms with Gasteiger partial charge in [-0.15, -0.1) is 0 Å². The Labute approximate surface area is 77.7 Å². The number of hydrogen-bond acceptors (Lipinski definition) is 3. The molecule has 1 aliphatic rings. The van der Waals surface area contributed by atoms with Crippen LogP contribution in [0, 0.1) is 5.92 Å². The fraction of sp³-hybridized carbons (Fsp3) is 0.667. The standard InChI is InChI=1S/C9H15N3O/c1-13-6-8(7-2-3-7)12-9(10)4-5-11-12/h4-5,7-8H,2-3,6,10H2,1H3. The molecule has 0 aliphatic heterocycles. The molecule has 0 aromatic carbocycles. The van der Waals surface area contributed by atoms with Crippen molar-refractivity contribution in [3.8, 4) is 0 Å². The highest BCUT2D eigenvalue weighted by Crippen LogP contribution is 2.40. The van der Waals surface area contributed by atoms with Crippen LogP contribution in [0.15, 0.2) is 12.3 Å². The van der Waals surface area contributed by atoms with E-state index in [0.717, 1.165) is 5.82 Å². The Morgan fingerprint density at radius 1 is 1.77 bits per heavy atom. The van der Waals surface area contributed by atoms with Crippen LogP contribution in [0.2, 0.25) is 0 Å². The number of ether oxygens (including phenoxy) is 1. The number of nitrogens with zero attached hydrogens (tertiary/aromatic N) is 2. The van der Waals surface area contributed by atoms with E-state index in [0.29, 0.717) is 18.6 Å². The van der Waals surface area contributed by atoms with Gasteiger partial charge in [-0.25, -0.2) is 4.68 Å². The molecule has 1 aromatic rings. The molecule has 1 atom stereocenters. The van der Waals surface area contributed by atoms with Crippen LogP contribution >= 0.6 is 0 Å². The Bertz CT molecular complexity index is 280. The molecule has 0 amide bonds. The van der Waals surface area contributed by atoms with Gasteiger partial charge in [-0.1, -0.05) is 0 Å². The summed E-state index contributed by atoms with van der Waals surface area (Å²) in [4.78, 5) is 0. The highest BCUT2D eigenvalue weighted by atomic mass is 16.5. The van der Waals surface area contributed by atoms with Crippen molar-refractivity contribution in [3.63, 3.8) is 0 Å². The van der Waals surface area contributed by atoms with Gasteiger partial charge in [0, 0.05) is 7.11 Å². The first-order valence-corrected chi connectivity index (χ1v) is 4.61. The van der Waals surface area contributed by atoms with Crippen molar-refractivity contribution in [2.45, 2.75) is 18.9 Å². The highest BCUT2D eigenvalue weighted by Gasteiger charge is 2.33. The van der Waals surface area contributed by atoms with E-state index in [9.17, 15) is 0 Å². The SMILES string of the molecule is COCC(C1CC1)n1nccc1N. The van der Waals surface area contributed by atoms with Crippen LogP contribution in [0.1, 0.15) is 18.9 Å². The lowest BCUT2D eigenvalue weighted by Crippen LogP contribution is -2.19. The molecule has 1 heterocycles. The summed E-state index contributed by atoms with van der Waals surface area (Å²) in [5, 5.41) is 4.21. The van der Waals surface area contributed by atoms with Gasteiger partial charge in [-0.3, -0.25) is 0 Å². The second-order valence-corrected chi connectivity index (χ2v) is 3.56. The average molecular weight is 181 g/mol. The maximum absolute atomic E-state index is 5.78. The first kappa shape index (κ1) is 8.56. The summed E-state index contributed by atoms with van der Waals surface area (Å²) in [7, 11) is 1.72. The fourth-order valence-corrected chi connectivity index (χ4v) is 1.66. The molecule has 1 saturated carbocycles. The Morgan fingerprint density at radius 2 is 2.54 bits per heavy atom. The van der Waals surface area contributed by atoms with Crippen molar-refractivity contribution < 1.29 is 4.74 Å². The molecular formula is C9H15N3O. The highest BCUT2D eigenvalue weighted by molar-refractivity contribution is 5.27. The third-order valence-corrected chi connectivity index (χ3v) is 2.52. The summed E-state index contributed by atoms with van der Waals surface area (Å²) >= 11 is 0. The molecular weight excluding hydrogens is 166 g/mol. The predicted octanol–water partition coefficient (Wildman–Crippen LogP) is 1.06. The van der Waals surface area contributed by atoms with E-state index in [2.05, 4.69) is 5.10 Å². The first-order valence-electron chi connectivity index (χ1n) is 4.61. The summed E-state index contributed by atoms with van der Waals surface area (Å²) in [6.45, 7) is 0.705. The van der Waals surface area contributed by atoms with Gasteiger partial charge in [0.2, 0.25) is 0 Å². The number of nitrogen functional groups attached to an aromatic ring is 1. The van der Waals surface area contributed by atoms with Crippen molar-refractivity contribution in [2.24, 2.45) is 5.92 Å². The molecule has 0 saturated heterocycles. The van der Waals surface area contributed by atoms with Gasteiger partial charge >= 0.3 is 0 Å². The number of nitrogens with two attached hydrogens (primary N) is 1. The van der Waals surface area contributed by atoms with Crippen molar-refractivity contribution >= 4 is 5.82 Å². The number of methoxy groups -OCH3 is 1. The van der Waals surface area contributed by atoms with E-state index in [1.165, 1.54) is 12.8 Å². The Morgan fingerprint density at radius 3 is 3.00 bits per heavy atom. The summed E-state index contributed by atoms with van der Waals surface area (Å²) in [5.74, 6) is 1.44. The summed E-state index contributed by atoms with van der Waals surface area (Å²) in [6, 6.07) is 2.16. The van der Waals surface area contributed by atoms with Gasteiger partial charge < -0.3 is 10.5 Å². The summed E-state index contributed by atoms with van der Waals surface area (Å²) in [5.41, 5.74) is 5.78.